The Labute approximate surface area is 739 Å². The van der Waals surface area contributed by atoms with Crippen molar-refractivity contribution in [1.29, 1.82) is 0 Å². The monoisotopic (exact) mass is 1730 g/mol. The molecule has 8 aromatic rings. The van der Waals surface area contributed by atoms with Crippen LogP contribution in [-0.2, 0) is 20.9 Å². The van der Waals surface area contributed by atoms with Crippen LogP contribution in [0, 0.1) is 5.92 Å². The molecule has 6 N–H and O–H groups in total. The van der Waals surface area contributed by atoms with E-state index >= 15 is 0 Å². The molecular formula is C98H127Cl5N12O5. The van der Waals surface area contributed by atoms with Crippen LogP contribution in [0.15, 0.2) is 194 Å². The van der Waals surface area contributed by atoms with E-state index in [0.29, 0.717) is 100 Å². The van der Waals surface area contributed by atoms with E-state index in [9.17, 15) is 24.0 Å². The lowest BCUT2D eigenvalue weighted by Crippen LogP contribution is -2.54. The molecule has 5 saturated heterocycles. The van der Waals surface area contributed by atoms with Gasteiger partial charge in [-0.2, -0.15) is 0 Å². The number of nitrogens with one attached hydrogen (secondary N) is 6. The molecule has 0 aromatic heterocycles. The van der Waals surface area contributed by atoms with Gasteiger partial charge in [-0.15, -0.1) is 0 Å². The fourth-order valence-electron chi connectivity index (χ4n) is 17.3. The second kappa shape index (κ2) is 46.9. The van der Waals surface area contributed by atoms with Crippen LogP contribution in [-0.4, -0.2) is 212 Å². The van der Waals surface area contributed by atoms with Crippen molar-refractivity contribution in [3.05, 3.63) is 258 Å². The molecule has 5 aliphatic rings. The van der Waals surface area contributed by atoms with Gasteiger partial charge in [-0.05, 0) is 230 Å². The van der Waals surface area contributed by atoms with Crippen molar-refractivity contribution in [2.24, 2.45) is 5.92 Å². The molecule has 2 unspecified atom stereocenters. The van der Waals surface area contributed by atoms with E-state index in [4.69, 9.17) is 58.0 Å². The van der Waals surface area contributed by atoms with Gasteiger partial charge in [0.2, 0.25) is 17.7 Å². The van der Waals surface area contributed by atoms with Gasteiger partial charge < -0.3 is 61.3 Å². The van der Waals surface area contributed by atoms with Gasteiger partial charge in [0.05, 0.1) is 38.2 Å². The van der Waals surface area contributed by atoms with Crippen molar-refractivity contribution in [3.8, 4) is 0 Å². The summed E-state index contributed by atoms with van der Waals surface area (Å²) in [7, 11) is 2.09. The molecule has 644 valence electrons. The molecule has 17 nitrogen and oxygen atoms in total. The zero-order chi connectivity index (χ0) is 85.1. The van der Waals surface area contributed by atoms with E-state index in [2.05, 4.69) is 214 Å². The molecule has 0 saturated carbocycles. The summed E-state index contributed by atoms with van der Waals surface area (Å²) in [5.41, 5.74) is 7.24. The van der Waals surface area contributed by atoms with Crippen molar-refractivity contribution >= 4 is 98.3 Å². The van der Waals surface area contributed by atoms with E-state index in [1.165, 1.54) is 41.5 Å². The molecule has 5 fully saturated rings. The number of halogens is 5. The third-order valence-corrected chi connectivity index (χ3v) is 26.9. The maximum atomic E-state index is 14.1. The third-order valence-electron chi connectivity index (χ3n) is 25.1. The second-order valence-corrected chi connectivity index (χ2v) is 36.3. The zero-order valence-corrected chi connectivity index (χ0v) is 75.1. The highest BCUT2D eigenvalue weighted by Crippen LogP contribution is 2.33. The van der Waals surface area contributed by atoms with Crippen molar-refractivity contribution < 1.29 is 24.0 Å². The van der Waals surface area contributed by atoms with E-state index in [0.717, 1.165) is 133 Å². The summed E-state index contributed by atoms with van der Waals surface area (Å²) in [5.74, 6) is 1.30. The van der Waals surface area contributed by atoms with Crippen LogP contribution < -0.4 is 31.9 Å². The summed E-state index contributed by atoms with van der Waals surface area (Å²) in [5, 5.41) is 25.4. The highest BCUT2D eigenvalue weighted by molar-refractivity contribution is 6.42. The summed E-state index contributed by atoms with van der Waals surface area (Å²) in [4.78, 5) is 81.5. The Bertz CT molecular complexity index is 4500. The first-order valence-corrected chi connectivity index (χ1v) is 45.8. The number of fused-ring (bicyclic) bond motifs is 1. The number of carbonyl (C=O) groups is 5. The Balaban J connectivity index is 0.000000176. The van der Waals surface area contributed by atoms with E-state index in [1.54, 1.807) is 18.2 Å². The van der Waals surface area contributed by atoms with Gasteiger partial charge in [0.1, 0.15) is 0 Å². The van der Waals surface area contributed by atoms with E-state index in [1.807, 2.05) is 71.6 Å². The highest BCUT2D eigenvalue weighted by atomic mass is 35.5. The summed E-state index contributed by atoms with van der Waals surface area (Å²) in [6, 6.07) is 63.6. The van der Waals surface area contributed by atoms with Gasteiger partial charge >= 0.3 is 0 Å². The molecule has 5 amide bonds. The van der Waals surface area contributed by atoms with Crippen LogP contribution in [0.25, 0.3) is 10.8 Å². The Morgan fingerprint density at radius 2 is 0.933 bits per heavy atom. The smallest absolute Gasteiger partial charge is 0.251 e. The molecule has 0 radical (unpaired) electrons. The third kappa shape index (κ3) is 27.5. The van der Waals surface area contributed by atoms with Crippen molar-refractivity contribution in [1.82, 2.24) is 61.3 Å². The zero-order valence-electron chi connectivity index (χ0n) is 71.4. The van der Waals surface area contributed by atoms with Crippen molar-refractivity contribution in [2.45, 2.75) is 185 Å². The molecule has 8 atom stereocenters. The second-order valence-electron chi connectivity index (χ2n) is 34.3. The number of likely N-dealkylation sites (tertiary alicyclic amines) is 2. The number of nitrogens with zero attached hydrogens (tertiary/aromatic N) is 6. The predicted molar refractivity (Wildman–Crippen MR) is 494 cm³/mol. The molecule has 120 heavy (non-hydrogen) atoms. The Kier molecular flexibility index (Phi) is 36.4. The molecule has 5 aliphatic heterocycles. The average molecular weight is 1730 g/mol. The summed E-state index contributed by atoms with van der Waals surface area (Å²) < 4.78 is 0. The first-order valence-electron chi connectivity index (χ1n) is 43.9. The topological polar surface area (TPSA) is 177 Å². The van der Waals surface area contributed by atoms with Crippen LogP contribution in [0.2, 0.25) is 25.1 Å². The number of benzene rings is 8. The molecule has 13 rings (SSSR count). The number of piperidine rings is 2. The summed E-state index contributed by atoms with van der Waals surface area (Å²) in [6.07, 6.45) is 11.8. The number of carbonyl (C=O) groups excluding carboxylic acids is 5. The standard InChI is InChI=1S/C34H42Cl2N4O.C34H43ClN4O2.C30H42Cl2N4O2/c35-31-15-14-26(22-32(31)36)23-37-24-29-16-21-40(34(41)33(38-29)17-20-39-18-8-3-9-19-39)25-30(27-10-4-1-5-11-27)28-12-6-2-7-13-28;1-3-24(25-8-6-5-7-9-25)23-39-19-16-31(37-32(34(39)41)26-14-17-38(4-2)18-15-26)22-36-33(40)29-11-10-28-21-30(35)13-12-27(28)20-29;1-6-21(22-10-8-7-9-11-22)20-36-17-14-24(19-33-28(37)23-12-13-25(31)26(32)18-23)34-27(29(36)38)15-16-35(5)30(2,3)4/h1-2,4-7,10-15,22,29-30,33,37-38H,3,8-9,16-21,23-25H2;5-13,20-21,24,26,31-32,37H,3-4,14-19,22-23H2,1-2H3,(H,36,40);7-13,18,21,24,27,34H,6,14-17,19-20H2,1-5H3,(H,33,37)/t29-,33-;24-,31?,32?;21-,24+,27+/m011/s1. The minimum absolute atomic E-state index is 0.0152. The van der Waals surface area contributed by atoms with E-state index < -0.39 is 0 Å². The lowest BCUT2D eigenvalue weighted by Gasteiger charge is -2.37. The van der Waals surface area contributed by atoms with Crippen LogP contribution in [0.5, 0.6) is 0 Å². The average Bonchev–Trinajstić information content (AvgIpc) is 1.53. The molecule has 0 spiro atoms. The van der Waals surface area contributed by atoms with Gasteiger partial charge in [0.15, 0.2) is 0 Å². The van der Waals surface area contributed by atoms with Crippen molar-refractivity contribution in [2.75, 3.05) is 112 Å². The quantitative estimate of drug-likeness (QED) is 0.0252. The maximum Gasteiger partial charge on any atom is 0.251 e. The maximum absolute atomic E-state index is 14.1. The molecular weight excluding hydrogens is 1600 g/mol. The van der Waals surface area contributed by atoms with Gasteiger partial charge in [0, 0.05) is 136 Å². The number of hydrogen-bond donors (Lipinski definition) is 6. The Morgan fingerprint density at radius 1 is 0.467 bits per heavy atom. The van der Waals surface area contributed by atoms with Crippen LogP contribution in [0.1, 0.15) is 185 Å². The minimum Gasteiger partial charge on any atom is -0.350 e. The lowest BCUT2D eigenvalue weighted by atomic mass is 9.88. The van der Waals surface area contributed by atoms with Crippen LogP contribution in [0.3, 0.4) is 0 Å². The number of rotatable bonds is 30. The van der Waals surface area contributed by atoms with Gasteiger partial charge in [-0.3, -0.25) is 24.0 Å². The molecule has 5 heterocycles. The largest absolute Gasteiger partial charge is 0.350 e. The highest BCUT2D eigenvalue weighted by Gasteiger charge is 2.40. The predicted octanol–water partition coefficient (Wildman–Crippen LogP) is 17.7. The van der Waals surface area contributed by atoms with Gasteiger partial charge in [-0.1, -0.05) is 225 Å². The Hall–Kier alpha value is -7.46. The van der Waals surface area contributed by atoms with Gasteiger partial charge in [0.25, 0.3) is 11.8 Å². The summed E-state index contributed by atoms with van der Waals surface area (Å²) in [6.45, 7) is 26.8. The Morgan fingerprint density at radius 3 is 1.46 bits per heavy atom. The van der Waals surface area contributed by atoms with Crippen LogP contribution >= 0.6 is 58.0 Å². The fraction of sp³-hybridized carbons (Fsp3) is 0.480. The normalized spacial score (nSPS) is 20.4. The van der Waals surface area contributed by atoms with Gasteiger partial charge in [-0.25, -0.2) is 0 Å². The fourth-order valence-corrected chi connectivity index (χ4v) is 18.1. The molecule has 8 aromatic carbocycles. The molecule has 0 bridgehead atoms. The summed E-state index contributed by atoms with van der Waals surface area (Å²) >= 11 is 30.5. The SMILES string of the molecule is CC[C@H](CN1CCC(CNC(=O)c2ccc3cc(Cl)ccc3c2)NC(C2CCN(CC)CC2)C1=O)c1ccccc1.CC[C@H](CN1CC[C@@H](CNC(=O)c2ccc(Cl)c(Cl)c2)N[C@@H](CCN(C)C(C)(C)C)C1=O)c1ccccc1.O=C1[C@H](CCN2CCCCC2)N[C@H](CNCc2ccc(Cl)c(Cl)c2)CCN1CC(c1ccccc1)c1ccccc1. The number of amides is 5. The molecule has 0 aliphatic carbocycles. The van der Waals surface area contributed by atoms with Crippen molar-refractivity contribution in [3.63, 3.8) is 0 Å². The van der Waals surface area contributed by atoms with Crippen LogP contribution in [0.4, 0.5) is 0 Å². The molecule has 22 heteroatoms. The first-order chi connectivity index (χ1) is 58.0. The van der Waals surface area contributed by atoms with E-state index in [-0.39, 0.29) is 83.2 Å². The minimum atomic E-state index is -0.317. The first kappa shape index (κ1) is 93.2. The lowest BCUT2D eigenvalue weighted by molar-refractivity contribution is -0.135. The number of hydrogen-bond acceptors (Lipinski definition) is 12.